The lowest BCUT2D eigenvalue weighted by Gasteiger charge is -2.22. The maximum absolute atomic E-state index is 12.6. The molecule has 1 N–H and O–H groups in total. The van der Waals surface area contributed by atoms with Gasteiger partial charge in [0.15, 0.2) is 0 Å². The number of halogens is 1. The largest absolute Gasteiger partial charge is 0.341 e. The molecule has 0 radical (unpaired) electrons. The number of H-pyrrole nitrogens is 1. The fourth-order valence-electron chi connectivity index (χ4n) is 2.91. The first-order valence-corrected chi connectivity index (χ1v) is 8.67. The Balaban J connectivity index is 1.56. The predicted octanol–water partition coefficient (Wildman–Crippen LogP) is 1.77. The highest BCUT2D eigenvalue weighted by molar-refractivity contribution is 6.33. The van der Waals surface area contributed by atoms with Crippen molar-refractivity contribution < 1.29 is 9.59 Å². The number of nitrogens with zero attached hydrogens (tertiary/aromatic N) is 4. The molecule has 8 heteroatoms. The number of hydrogen-bond donors (Lipinski definition) is 1. The zero-order valence-corrected chi connectivity index (χ0v) is 14.6. The van der Waals surface area contributed by atoms with Gasteiger partial charge in [-0.1, -0.05) is 11.6 Å². The Bertz CT molecular complexity index is 734. The Labute approximate surface area is 151 Å². The molecule has 1 fully saturated rings. The molecule has 0 aromatic carbocycles. The molecule has 0 aliphatic carbocycles. The fraction of sp³-hybridized carbons (Fsp3) is 0.412. The van der Waals surface area contributed by atoms with Crippen molar-refractivity contribution in [2.75, 3.05) is 26.2 Å². The van der Waals surface area contributed by atoms with Crippen LogP contribution in [0, 0.1) is 0 Å². The Morgan fingerprint density at radius 2 is 1.96 bits per heavy atom. The van der Waals surface area contributed by atoms with Crippen LogP contribution < -0.4 is 0 Å². The van der Waals surface area contributed by atoms with E-state index in [0.717, 1.165) is 12.0 Å². The van der Waals surface area contributed by atoms with Crippen LogP contribution in [0.3, 0.4) is 0 Å². The number of aromatic nitrogens is 3. The van der Waals surface area contributed by atoms with Crippen LogP contribution in [0.1, 0.15) is 28.8 Å². The maximum Gasteiger partial charge on any atom is 0.255 e. The van der Waals surface area contributed by atoms with Gasteiger partial charge in [0.25, 0.3) is 5.91 Å². The van der Waals surface area contributed by atoms with Crippen LogP contribution in [-0.4, -0.2) is 63.0 Å². The van der Waals surface area contributed by atoms with E-state index in [-0.39, 0.29) is 11.8 Å². The van der Waals surface area contributed by atoms with Gasteiger partial charge < -0.3 is 9.80 Å². The normalized spacial score (nSPS) is 15.1. The second-order valence-electron chi connectivity index (χ2n) is 5.99. The highest BCUT2D eigenvalue weighted by atomic mass is 35.5. The molecule has 0 spiro atoms. The smallest absolute Gasteiger partial charge is 0.255 e. The van der Waals surface area contributed by atoms with Crippen molar-refractivity contribution in [2.45, 2.75) is 19.3 Å². The zero-order chi connectivity index (χ0) is 17.6. The van der Waals surface area contributed by atoms with Gasteiger partial charge in [-0.05, 0) is 24.5 Å². The van der Waals surface area contributed by atoms with Gasteiger partial charge in [0.2, 0.25) is 5.91 Å². The average molecular weight is 362 g/mol. The van der Waals surface area contributed by atoms with Crippen molar-refractivity contribution in [3.05, 3.63) is 47.0 Å². The van der Waals surface area contributed by atoms with Gasteiger partial charge in [0.05, 0.1) is 16.8 Å². The molecule has 25 heavy (non-hydrogen) atoms. The quantitative estimate of drug-likeness (QED) is 0.899. The Hall–Kier alpha value is -2.41. The highest BCUT2D eigenvalue weighted by Gasteiger charge is 2.23. The molecule has 7 nitrogen and oxygen atoms in total. The number of carbonyl (C=O) groups is 2. The lowest BCUT2D eigenvalue weighted by Crippen LogP contribution is -2.37. The number of rotatable bonds is 4. The Kier molecular flexibility index (Phi) is 5.65. The lowest BCUT2D eigenvalue weighted by atomic mass is 10.2. The van der Waals surface area contributed by atoms with Gasteiger partial charge in [-0.15, -0.1) is 0 Å². The molecule has 2 aromatic heterocycles. The first-order valence-electron chi connectivity index (χ1n) is 8.29. The minimum Gasteiger partial charge on any atom is -0.341 e. The van der Waals surface area contributed by atoms with E-state index in [0.29, 0.717) is 49.6 Å². The van der Waals surface area contributed by atoms with Gasteiger partial charge in [0.1, 0.15) is 0 Å². The van der Waals surface area contributed by atoms with Gasteiger partial charge in [-0.3, -0.25) is 19.7 Å². The van der Waals surface area contributed by atoms with Crippen LogP contribution in [-0.2, 0) is 11.2 Å². The van der Waals surface area contributed by atoms with E-state index in [1.54, 1.807) is 29.6 Å². The first-order chi connectivity index (χ1) is 12.1. The van der Waals surface area contributed by atoms with Crippen molar-refractivity contribution >= 4 is 23.4 Å². The van der Waals surface area contributed by atoms with Gasteiger partial charge in [-0.25, -0.2) is 0 Å². The lowest BCUT2D eigenvalue weighted by molar-refractivity contribution is -0.131. The summed E-state index contributed by atoms with van der Waals surface area (Å²) in [5.41, 5.74) is 1.48. The summed E-state index contributed by atoms with van der Waals surface area (Å²) in [5, 5.41) is 6.98. The number of aromatic amines is 1. The van der Waals surface area contributed by atoms with Crippen LogP contribution in [0.4, 0.5) is 0 Å². The van der Waals surface area contributed by atoms with E-state index < -0.39 is 0 Å². The molecule has 1 saturated heterocycles. The topological polar surface area (TPSA) is 82.2 Å². The molecule has 0 saturated carbocycles. The molecule has 1 aliphatic rings. The standard InChI is InChI=1S/C17H20ClN5O2/c18-15-12-19-5-4-14(15)17(25)23-7-1-6-22(8-9-23)16(24)3-2-13-10-20-21-11-13/h4-5,10-12H,1-3,6-9H2,(H,20,21). The van der Waals surface area contributed by atoms with Crippen molar-refractivity contribution in [2.24, 2.45) is 0 Å². The third-order valence-electron chi connectivity index (χ3n) is 4.32. The summed E-state index contributed by atoms with van der Waals surface area (Å²) < 4.78 is 0. The SMILES string of the molecule is O=C(CCc1cn[nH]c1)N1CCCN(C(=O)c2ccncc2Cl)CC1. The summed E-state index contributed by atoms with van der Waals surface area (Å²) in [5.74, 6) is -0.00228. The monoisotopic (exact) mass is 361 g/mol. The molecule has 3 rings (SSSR count). The molecule has 2 aromatic rings. The number of pyridine rings is 1. The van der Waals surface area contributed by atoms with E-state index in [1.165, 1.54) is 6.20 Å². The van der Waals surface area contributed by atoms with Crippen LogP contribution in [0.25, 0.3) is 0 Å². The van der Waals surface area contributed by atoms with E-state index in [2.05, 4.69) is 15.2 Å². The second-order valence-corrected chi connectivity index (χ2v) is 6.40. The van der Waals surface area contributed by atoms with Crippen LogP contribution in [0.5, 0.6) is 0 Å². The Morgan fingerprint density at radius 3 is 2.72 bits per heavy atom. The minimum atomic E-state index is -0.111. The van der Waals surface area contributed by atoms with Crippen LogP contribution >= 0.6 is 11.6 Å². The summed E-state index contributed by atoms with van der Waals surface area (Å²) in [7, 11) is 0. The minimum absolute atomic E-state index is 0.109. The van der Waals surface area contributed by atoms with Crippen molar-refractivity contribution in [3.8, 4) is 0 Å². The third-order valence-corrected chi connectivity index (χ3v) is 4.62. The third kappa shape index (κ3) is 4.36. The molecule has 132 valence electrons. The summed E-state index contributed by atoms with van der Waals surface area (Å²) in [6, 6.07) is 1.63. The van der Waals surface area contributed by atoms with E-state index in [1.807, 2.05) is 4.90 Å². The van der Waals surface area contributed by atoms with Crippen LogP contribution in [0.15, 0.2) is 30.9 Å². The molecule has 1 aliphatic heterocycles. The molecule has 0 atom stereocenters. The summed E-state index contributed by atoms with van der Waals surface area (Å²) in [6.07, 6.45) is 8.43. The maximum atomic E-state index is 12.6. The molecule has 0 bridgehead atoms. The molecular formula is C17H20ClN5O2. The van der Waals surface area contributed by atoms with E-state index in [9.17, 15) is 9.59 Å². The van der Waals surface area contributed by atoms with Crippen LogP contribution in [0.2, 0.25) is 5.02 Å². The number of hydrogen-bond acceptors (Lipinski definition) is 4. The summed E-state index contributed by atoms with van der Waals surface area (Å²) in [4.78, 5) is 32.5. The van der Waals surface area contributed by atoms with E-state index in [4.69, 9.17) is 11.6 Å². The Morgan fingerprint density at radius 1 is 1.16 bits per heavy atom. The predicted molar refractivity (Wildman–Crippen MR) is 93.3 cm³/mol. The number of nitrogens with one attached hydrogen (secondary N) is 1. The number of carbonyl (C=O) groups excluding carboxylic acids is 2. The highest BCUT2D eigenvalue weighted by Crippen LogP contribution is 2.17. The number of aryl methyl sites for hydroxylation is 1. The van der Waals surface area contributed by atoms with Crippen molar-refractivity contribution in [1.29, 1.82) is 0 Å². The average Bonchev–Trinajstić information content (AvgIpc) is 3.02. The zero-order valence-electron chi connectivity index (χ0n) is 13.8. The molecule has 2 amide bonds. The molecular weight excluding hydrogens is 342 g/mol. The number of amides is 2. The fourth-order valence-corrected chi connectivity index (χ4v) is 3.11. The van der Waals surface area contributed by atoms with Gasteiger partial charge in [0, 0.05) is 51.2 Å². The summed E-state index contributed by atoms with van der Waals surface area (Å²) >= 11 is 6.07. The second kappa shape index (κ2) is 8.11. The molecule has 0 unspecified atom stereocenters. The molecule has 3 heterocycles. The van der Waals surface area contributed by atoms with Gasteiger partial charge >= 0.3 is 0 Å². The first kappa shape index (κ1) is 17.4. The van der Waals surface area contributed by atoms with E-state index >= 15 is 0 Å². The van der Waals surface area contributed by atoms with Gasteiger partial charge in [-0.2, -0.15) is 5.10 Å². The van der Waals surface area contributed by atoms with Crippen molar-refractivity contribution in [1.82, 2.24) is 25.0 Å². The van der Waals surface area contributed by atoms with Crippen molar-refractivity contribution in [3.63, 3.8) is 0 Å². The summed E-state index contributed by atoms with van der Waals surface area (Å²) in [6.45, 7) is 2.33.